The Bertz CT molecular complexity index is 582. The first-order chi connectivity index (χ1) is 8.75. The highest BCUT2D eigenvalue weighted by molar-refractivity contribution is 7.19. The quantitative estimate of drug-likeness (QED) is 0.617. The summed E-state index contributed by atoms with van der Waals surface area (Å²) in [5.41, 5.74) is 4.12. The first-order valence-electron chi connectivity index (χ1n) is 6.12. The van der Waals surface area contributed by atoms with E-state index in [1.54, 1.807) is 18.2 Å². The normalized spacial score (nSPS) is 41.0. The van der Waals surface area contributed by atoms with Crippen LogP contribution in [0, 0.1) is 0 Å². The predicted octanol–water partition coefficient (Wildman–Crippen LogP) is -0.622. The second-order valence-corrected chi connectivity index (χ2v) is 5.99. The average molecular weight is 269 g/mol. The highest BCUT2D eigenvalue weighted by Crippen LogP contribution is 2.57. The van der Waals surface area contributed by atoms with Gasteiger partial charge in [0, 0.05) is 0 Å². The molecule has 0 bridgehead atoms. The number of rotatable bonds is 0. The Balaban J connectivity index is 2.29. The SMILES string of the molecule is [B]C1(O)CCC2([B])B(Cl)c3ccccc3C2(N)C1=O. The lowest BCUT2D eigenvalue weighted by atomic mass is 9.32. The molecule has 1 heterocycles. The molecule has 1 aliphatic heterocycles. The molecule has 3 N–H and O–H groups in total. The summed E-state index contributed by atoms with van der Waals surface area (Å²) in [5.74, 6) is -0.663. The van der Waals surface area contributed by atoms with Crippen molar-refractivity contribution < 1.29 is 9.90 Å². The van der Waals surface area contributed by atoms with E-state index in [4.69, 9.17) is 32.9 Å². The van der Waals surface area contributed by atoms with Crippen molar-refractivity contribution in [1.82, 2.24) is 0 Å². The Morgan fingerprint density at radius 3 is 2.63 bits per heavy atom. The summed E-state index contributed by atoms with van der Waals surface area (Å²) >= 11 is 6.43. The molecule has 3 atom stereocenters. The molecule has 92 valence electrons. The molecule has 3 rings (SSSR count). The zero-order valence-corrected chi connectivity index (χ0v) is 11.0. The Morgan fingerprint density at radius 2 is 1.95 bits per heavy atom. The second kappa shape index (κ2) is 3.69. The molecule has 1 saturated carbocycles. The maximum absolute atomic E-state index is 12.5. The van der Waals surface area contributed by atoms with Crippen LogP contribution in [0.15, 0.2) is 24.3 Å². The van der Waals surface area contributed by atoms with E-state index in [0.717, 1.165) is 5.46 Å². The van der Waals surface area contributed by atoms with Gasteiger partial charge >= 0.3 is 0 Å². The minimum atomic E-state index is -1.95. The molecule has 4 radical (unpaired) electrons. The summed E-state index contributed by atoms with van der Waals surface area (Å²) in [6, 6.07) is 7.10. The lowest BCUT2D eigenvalue weighted by molar-refractivity contribution is -0.140. The Kier molecular flexibility index (Phi) is 2.58. The monoisotopic (exact) mass is 269 g/mol. The average Bonchev–Trinajstić information content (AvgIpc) is 2.57. The van der Waals surface area contributed by atoms with Crippen LogP contribution in [0.4, 0.5) is 0 Å². The Morgan fingerprint density at radius 1 is 1.32 bits per heavy atom. The summed E-state index contributed by atoms with van der Waals surface area (Å²) in [4.78, 5) is 12.5. The van der Waals surface area contributed by atoms with E-state index in [9.17, 15) is 9.90 Å². The van der Waals surface area contributed by atoms with Gasteiger partial charge in [-0.15, -0.1) is 0 Å². The summed E-state index contributed by atoms with van der Waals surface area (Å²) in [6.45, 7) is 0. The number of benzene rings is 1. The predicted molar refractivity (Wildman–Crippen MR) is 76.9 cm³/mol. The molecule has 1 fully saturated rings. The molecule has 1 aromatic carbocycles. The lowest BCUT2D eigenvalue weighted by Gasteiger charge is -2.50. The number of hydrogen-bond acceptors (Lipinski definition) is 3. The van der Waals surface area contributed by atoms with E-state index < -0.39 is 28.2 Å². The zero-order valence-electron chi connectivity index (χ0n) is 10.3. The molecular weight excluding hydrogens is 258 g/mol. The molecule has 0 aromatic heterocycles. The van der Waals surface area contributed by atoms with E-state index >= 15 is 0 Å². The number of carbonyl (C=O) groups excluding carboxylic acids is 1. The van der Waals surface area contributed by atoms with Crippen molar-refractivity contribution >= 4 is 44.5 Å². The third-order valence-electron chi connectivity index (χ3n) is 4.52. The summed E-state index contributed by atoms with van der Waals surface area (Å²) < 4.78 is 0. The third kappa shape index (κ3) is 1.37. The van der Waals surface area contributed by atoms with Crippen LogP contribution in [0.1, 0.15) is 18.4 Å². The van der Waals surface area contributed by atoms with Gasteiger partial charge < -0.3 is 10.8 Å². The van der Waals surface area contributed by atoms with Gasteiger partial charge in [-0.25, -0.2) is 0 Å². The molecule has 2 aliphatic rings. The van der Waals surface area contributed by atoms with Gasteiger partial charge in [-0.2, -0.15) is 11.5 Å². The fraction of sp³-hybridized carbons (Fsp3) is 0.417. The molecule has 0 spiro atoms. The van der Waals surface area contributed by atoms with Crippen LogP contribution < -0.4 is 11.2 Å². The molecule has 3 unspecified atom stereocenters. The van der Waals surface area contributed by atoms with E-state index in [-0.39, 0.29) is 12.8 Å². The van der Waals surface area contributed by atoms with Crippen LogP contribution in [0.2, 0.25) is 5.21 Å². The van der Waals surface area contributed by atoms with Crippen LogP contribution in [0.3, 0.4) is 0 Å². The minimum absolute atomic E-state index is 0.0541. The molecule has 1 aliphatic carbocycles. The third-order valence-corrected chi connectivity index (χ3v) is 5.14. The topological polar surface area (TPSA) is 63.3 Å². The van der Waals surface area contributed by atoms with Gasteiger partial charge in [0.2, 0.25) is 0 Å². The van der Waals surface area contributed by atoms with Gasteiger partial charge in [0.05, 0.1) is 18.9 Å². The highest BCUT2D eigenvalue weighted by atomic mass is 35.5. The van der Waals surface area contributed by atoms with Crippen LogP contribution >= 0.6 is 11.5 Å². The van der Waals surface area contributed by atoms with Crippen LogP contribution in [-0.4, -0.2) is 38.2 Å². The van der Waals surface area contributed by atoms with E-state index in [0.29, 0.717) is 5.56 Å². The number of hydrogen-bond donors (Lipinski definition) is 2. The van der Waals surface area contributed by atoms with Crippen LogP contribution in [-0.2, 0) is 10.3 Å². The van der Waals surface area contributed by atoms with Crippen LogP contribution in [0.25, 0.3) is 0 Å². The van der Waals surface area contributed by atoms with Gasteiger partial charge in [-0.1, -0.05) is 36.1 Å². The van der Waals surface area contributed by atoms with Crippen molar-refractivity contribution in [3.8, 4) is 0 Å². The summed E-state index contributed by atoms with van der Waals surface area (Å²) in [7, 11) is 12.0. The number of aliphatic hydroxyl groups is 1. The van der Waals surface area contributed by atoms with Crippen molar-refractivity contribution in [2.45, 2.75) is 29.1 Å². The fourth-order valence-corrected chi connectivity index (χ4v) is 3.79. The highest BCUT2D eigenvalue weighted by Gasteiger charge is 2.67. The smallest absolute Gasteiger partial charge is 0.283 e. The number of halogens is 1. The second-order valence-electron chi connectivity index (χ2n) is 5.55. The molecular formula is C12H11B3ClNO2. The molecule has 3 nitrogen and oxygen atoms in total. The molecule has 7 heteroatoms. The zero-order chi connectivity index (χ0) is 14.1. The molecule has 19 heavy (non-hydrogen) atoms. The minimum Gasteiger partial charge on any atom is -0.392 e. The van der Waals surface area contributed by atoms with E-state index in [2.05, 4.69) is 0 Å². The number of Topliss-reactive ketones (excluding diaryl/α,β-unsaturated/α-hetero) is 1. The Hall–Kier alpha value is -0.705. The summed E-state index contributed by atoms with van der Waals surface area (Å²) in [6.07, 6.45) is -0.238. The number of ketones is 1. The maximum atomic E-state index is 12.5. The summed E-state index contributed by atoms with van der Waals surface area (Å²) in [5, 5.41) is 8.91. The van der Waals surface area contributed by atoms with Crippen molar-refractivity contribution in [3.05, 3.63) is 29.8 Å². The van der Waals surface area contributed by atoms with E-state index in [1.165, 1.54) is 0 Å². The van der Waals surface area contributed by atoms with Gasteiger partial charge in [0.25, 0.3) is 6.13 Å². The fourth-order valence-electron chi connectivity index (χ4n) is 3.32. The van der Waals surface area contributed by atoms with E-state index in [1.807, 2.05) is 6.07 Å². The molecule has 0 amide bonds. The maximum Gasteiger partial charge on any atom is 0.283 e. The van der Waals surface area contributed by atoms with Crippen molar-refractivity contribution in [2.75, 3.05) is 0 Å². The molecule has 1 aromatic rings. The van der Waals surface area contributed by atoms with Crippen molar-refractivity contribution in [1.29, 1.82) is 0 Å². The molecule has 0 saturated heterocycles. The van der Waals surface area contributed by atoms with Gasteiger partial charge in [0.1, 0.15) is 7.85 Å². The van der Waals surface area contributed by atoms with Crippen molar-refractivity contribution in [3.63, 3.8) is 0 Å². The number of carbonyl (C=O) groups is 1. The first kappa shape index (κ1) is 13.3. The number of fused-ring (bicyclic) bond motifs is 3. The first-order valence-corrected chi connectivity index (χ1v) is 6.56. The van der Waals surface area contributed by atoms with Crippen LogP contribution in [0.5, 0.6) is 0 Å². The van der Waals surface area contributed by atoms with Gasteiger partial charge in [-0.05, 0) is 17.2 Å². The number of nitrogens with two attached hydrogens (primary N) is 1. The lowest BCUT2D eigenvalue weighted by Crippen LogP contribution is -2.66. The van der Waals surface area contributed by atoms with Gasteiger partial charge in [0.15, 0.2) is 5.78 Å². The largest absolute Gasteiger partial charge is 0.392 e. The van der Waals surface area contributed by atoms with Gasteiger partial charge in [-0.3, -0.25) is 4.79 Å². The van der Waals surface area contributed by atoms with Crippen molar-refractivity contribution in [2.24, 2.45) is 5.73 Å². The Labute approximate surface area is 119 Å². The standard InChI is InChI=1S/C12H11B3ClNO2/c13-10(19)5-6-11(14)12(17,9(10)18)7-3-1-2-4-8(7)15(11)16/h1-4,19H,5-6,17H2.